The first-order chi connectivity index (χ1) is 38.2. The zero-order chi connectivity index (χ0) is 56.6. The van der Waals surface area contributed by atoms with Crippen molar-refractivity contribution < 1.29 is 56.8 Å². The third-order valence-electron chi connectivity index (χ3n) is 20.2. The number of allylic oxidation sites excluding steroid dienone is 1. The SMILES string of the molecule is C[C@H](CC[C@H]1O[C@H]2C[C@H]3[C@@H]4CC=C5C[C@@H](O[C@@H]6O[C@H](COC(=O)c7ccccc7)[C@@H](OC(=O)c7ccccc7)[C@H](OC(=O)c7ccccc7)[C@H]6OC(=O)c6ccccc6)CC[C@]5(C)[C@H]4CC[C@]3(C)[C@H]2[C@@H]1C)CO[Si](C)(C)C(C)(C)C. The van der Waals surface area contributed by atoms with E-state index < -0.39 is 69.5 Å². The standard InChI is InChI=1S/C67H84O12Si/c1-42(40-73-80(8,9)65(3,4)5)30-33-53-43(2)56-54(75-53)39-52-50-32-31-48-38-49(34-36-66(48,6)51(50)35-37-67(52,56)7)74-64-59(79-63(71)47-28-20-13-21-29-47)58(78-62(70)46-26-18-12-19-27-46)57(77-61(69)45-24-16-11-17-25-45)55(76-64)41-72-60(68)44-22-14-10-15-23-44/h10-29,31,42-43,49-59,64H,30,32-41H2,1-9H3/t42-,43-,49+,50-,51+,52+,53-,54+,55-,56+,57-,58+,59-,64-,66+,67+/m1/s1. The molecule has 428 valence electrons. The van der Waals surface area contributed by atoms with Crippen molar-refractivity contribution in [1.29, 1.82) is 0 Å². The number of hydrogen-bond acceptors (Lipinski definition) is 12. The second-order valence-corrected chi connectivity index (χ2v) is 30.9. The predicted octanol–water partition coefficient (Wildman–Crippen LogP) is 13.7. The summed E-state index contributed by atoms with van der Waals surface area (Å²) in [6.45, 7) is 21.9. The Hall–Kier alpha value is -5.44. The molecule has 0 N–H and O–H groups in total. The molecule has 0 aromatic heterocycles. The molecule has 4 aromatic carbocycles. The quantitative estimate of drug-likeness (QED) is 0.0430. The lowest BCUT2D eigenvalue weighted by Crippen LogP contribution is -2.63. The second kappa shape index (κ2) is 23.8. The van der Waals surface area contributed by atoms with Crippen LogP contribution in [-0.2, 0) is 37.6 Å². The third-order valence-corrected chi connectivity index (χ3v) is 24.7. The number of ether oxygens (including phenoxy) is 7. The number of hydrogen-bond donors (Lipinski definition) is 0. The number of carbonyl (C=O) groups is 4. The Morgan fingerprint density at radius 2 is 1.21 bits per heavy atom. The van der Waals surface area contributed by atoms with Crippen molar-refractivity contribution in [2.24, 2.45) is 46.3 Å². The molecular formula is C67H84O12Si. The Morgan fingerprint density at radius 1 is 0.675 bits per heavy atom. The maximum absolute atomic E-state index is 14.3. The molecule has 0 amide bonds. The van der Waals surface area contributed by atoms with Crippen molar-refractivity contribution in [1.82, 2.24) is 0 Å². The van der Waals surface area contributed by atoms with Crippen LogP contribution in [0.25, 0.3) is 0 Å². The molecular weight excluding hydrogens is 1020 g/mol. The summed E-state index contributed by atoms with van der Waals surface area (Å²) in [6.07, 6.45) is 4.61. The summed E-state index contributed by atoms with van der Waals surface area (Å²) >= 11 is 0. The van der Waals surface area contributed by atoms with Gasteiger partial charge in [-0.3, -0.25) is 0 Å². The van der Waals surface area contributed by atoms with Gasteiger partial charge in [-0.05, 0) is 171 Å². The summed E-state index contributed by atoms with van der Waals surface area (Å²) in [7, 11) is -1.80. The van der Waals surface area contributed by atoms with Gasteiger partial charge in [0.2, 0.25) is 0 Å². The van der Waals surface area contributed by atoms with E-state index >= 15 is 0 Å². The highest BCUT2D eigenvalue weighted by molar-refractivity contribution is 6.74. The molecule has 5 fully saturated rings. The van der Waals surface area contributed by atoms with Crippen LogP contribution in [-0.4, -0.2) is 94.4 Å². The molecule has 0 radical (unpaired) electrons. The molecule has 2 saturated heterocycles. The summed E-state index contributed by atoms with van der Waals surface area (Å²) in [5, 5.41) is 0.203. The molecule has 13 heteroatoms. The largest absolute Gasteiger partial charge is 0.459 e. The minimum Gasteiger partial charge on any atom is -0.459 e. The first kappa shape index (κ1) is 57.8. The van der Waals surface area contributed by atoms with Gasteiger partial charge < -0.3 is 37.6 Å². The third kappa shape index (κ3) is 11.9. The average Bonchev–Trinajstić information content (AvgIpc) is 4.16. The monoisotopic (exact) mass is 1110 g/mol. The lowest BCUT2D eigenvalue weighted by Gasteiger charge is -2.58. The molecule has 10 rings (SSSR count). The van der Waals surface area contributed by atoms with Gasteiger partial charge in [0.1, 0.15) is 12.7 Å². The summed E-state index contributed by atoms with van der Waals surface area (Å²) in [6, 6.07) is 33.8. The van der Waals surface area contributed by atoms with Crippen molar-refractivity contribution in [3.63, 3.8) is 0 Å². The van der Waals surface area contributed by atoms with E-state index in [1.165, 1.54) is 18.4 Å². The molecule has 3 saturated carbocycles. The Kier molecular flexibility index (Phi) is 17.2. The Morgan fingerprint density at radius 3 is 1.77 bits per heavy atom. The fourth-order valence-electron chi connectivity index (χ4n) is 14.7. The van der Waals surface area contributed by atoms with Gasteiger partial charge in [-0.15, -0.1) is 0 Å². The Labute approximate surface area is 475 Å². The van der Waals surface area contributed by atoms with Gasteiger partial charge in [-0.25, -0.2) is 19.2 Å². The van der Waals surface area contributed by atoms with Gasteiger partial charge in [-0.1, -0.05) is 133 Å². The van der Waals surface area contributed by atoms with E-state index in [-0.39, 0.29) is 44.8 Å². The predicted molar refractivity (Wildman–Crippen MR) is 307 cm³/mol. The number of rotatable bonds is 17. The summed E-state index contributed by atoms with van der Waals surface area (Å²) in [5.41, 5.74) is 2.55. The number of esters is 4. The van der Waals surface area contributed by atoms with E-state index in [1.807, 2.05) is 0 Å². The summed E-state index contributed by atoms with van der Waals surface area (Å²) in [4.78, 5) is 56.3. The van der Waals surface area contributed by atoms with Crippen LogP contribution in [0.2, 0.25) is 18.1 Å². The second-order valence-electron chi connectivity index (χ2n) is 26.1. The van der Waals surface area contributed by atoms with Crippen molar-refractivity contribution in [3.8, 4) is 0 Å². The molecule has 0 unspecified atom stereocenters. The van der Waals surface area contributed by atoms with Gasteiger partial charge in [-0.2, -0.15) is 0 Å². The highest BCUT2D eigenvalue weighted by atomic mass is 28.4. The van der Waals surface area contributed by atoms with Crippen LogP contribution in [0.15, 0.2) is 133 Å². The van der Waals surface area contributed by atoms with Crippen molar-refractivity contribution in [2.75, 3.05) is 13.2 Å². The van der Waals surface area contributed by atoms with Crippen molar-refractivity contribution >= 4 is 32.2 Å². The summed E-state index contributed by atoms with van der Waals surface area (Å²) < 4.78 is 52.7. The van der Waals surface area contributed by atoms with Gasteiger partial charge in [0.15, 0.2) is 32.9 Å². The van der Waals surface area contributed by atoms with Crippen LogP contribution in [0.1, 0.15) is 148 Å². The fraction of sp³-hybridized carbons (Fsp3) is 0.552. The van der Waals surface area contributed by atoms with E-state index in [0.717, 1.165) is 38.7 Å². The van der Waals surface area contributed by atoms with Crippen molar-refractivity contribution in [2.45, 2.75) is 173 Å². The zero-order valence-electron chi connectivity index (χ0n) is 48.4. The van der Waals surface area contributed by atoms with Crippen LogP contribution >= 0.6 is 0 Å². The molecule has 2 heterocycles. The van der Waals surface area contributed by atoms with Crippen molar-refractivity contribution in [3.05, 3.63) is 155 Å². The fourth-order valence-corrected chi connectivity index (χ4v) is 15.8. The maximum Gasteiger partial charge on any atom is 0.338 e. The topological polar surface area (TPSA) is 142 Å². The minimum atomic E-state index is -1.80. The number of fused-ring (bicyclic) bond motifs is 7. The number of carbonyl (C=O) groups excluding carboxylic acids is 4. The molecule has 6 aliphatic rings. The van der Waals surface area contributed by atoms with E-state index in [4.69, 9.17) is 37.6 Å². The lowest BCUT2D eigenvalue weighted by molar-refractivity contribution is -0.310. The molecule has 4 aliphatic carbocycles. The van der Waals surface area contributed by atoms with Gasteiger partial charge in [0.05, 0.1) is 40.6 Å². The van der Waals surface area contributed by atoms with Crippen LogP contribution in [0, 0.1) is 46.3 Å². The first-order valence-electron chi connectivity index (χ1n) is 29.5. The van der Waals surface area contributed by atoms with E-state index in [2.05, 4.69) is 67.6 Å². The molecule has 12 nitrogen and oxygen atoms in total. The van der Waals surface area contributed by atoms with Gasteiger partial charge in [0, 0.05) is 6.61 Å². The summed E-state index contributed by atoms with van der Waals surface area (Å²) in [5.74, 6) is 0.371. The number of benzene rings is 4. The van der Waals surface area contributed by atoms with Crippen LogP contribution in [0.5, 0.6) is 0 Å². The average molecular weight is 1110 g/mol. The zero-order valence-corrected chi connectivity index (χ0v) is 49.4. The first-order valence-corrected chi connectivity index (χ1v) is 32.4. The lowest BCUT2D eigenvalue weighted by atomic mass is 9.47. The van der Waals surface area contributed by atoms with Gasteiger partial charge in [0.25, 0.3) is 0 Å². The Balaban J connectivity index is 0.890. The minimum absolute atomic E-state index is 0.0370. The normalized spacial score (nSPS) is 33.1. The maximum atomic E-state index is 14.3. The molecule has 2 aliphatic heterocycles. The smallest absolute Gasteiger partial charge is 0.338 e. The van der Waals surface area contributed by atoms with E-state index in [1.54, 1.807) is 121 Å². The van der Waals surface area contributed by atoms with Crippen LogP contribution < -0.4 is 0 Å². The molecule has 0 bridgehead atoms. The molecule has 16 atom stereocenters. The molecule has 80 heavy (non-hydrogen) atoms. The van der Waals surface area contributed by atoms with E-state index in [9.17, 15) is 19.2 Å². The molecule has 4 aromatic rings. The highest BCUT2D eigenvalue weighted by Crippen LogP contribution is 2.69. The van der Waals surface area contributed by atoms with Crippen LogP contribution in [0.3, 0.4) is 0 Å². The molecule has 0 spiro atoms. The van der Waals surface area contributed by atoms with Gasteiger partial charge >= 0.3 is 23.9 Å². The van der Waals surface area contributed by atoms with E-state index in [0.29, 0.717) is 60.0 Å². The highest BCUT2D eigenvalue weighted by Gasteiger charge is 2.65. The van der Waals surface area contributed by atoms with Crippen LogP contribution in [0.4, 0.5) is 0 Å². The Bertz CT molecular complexity index is 2820.